The van der Waals surface area contributed by atoms with Gasteiger partial charge in [0.05, 0.1) is 6.10 Å². The molecule has 1 aromatic rings. The van der Waals surface area contributed by atoms with Crippen molar-refractivity contribution in [2.24, 2.45) is 28.9 Å². The molecule has 1 unspecified atom stereocenters. The smallest absolute Gasteiger partial charge is 0.115 e. The van der Waals surface area contributed by atoms with Gasteiger partial charge in [-0.25, -0.2) is 0 Å². The topological polar surface area (TPSA) is 66.5 Å². The van der Waals surface area contributed by atoms with Crippen LogP contribution in [-0.4, -0.2) is 22.9 Å². The van der Waals surface area contributed by atoms with E-state index in [0.29, 0.717) is 29.4 Å². The van der Waals surface area contributed by atoms with Crippen molar-refractivity contribution in [2.45, 2.75) is 102 Å². The summed E-state index contributed by atoms with van der Waals surface area (Å²) in [4.78, 5) is 0. The number of nitrogens with two attached hydrogens (primary N) is 1. The number of hydrogen-bond acceptors (Lipinski definition) is 3. The summed E-state index contributed by atoms with van der Waals surface area (Å²) < 4.78 is 0. The Balaban J connectivity index is 1.43. The molecule has 0 amide bonds. The Morgan fingerprint density at radius 1 is 1.00 bits per heavy atom. The Morgan fingerprint density at radius 3 is 2.50 bits per heavy atom. The van der Waals surface area contributed by atoms with Crippen LogP contribution in [0, 0.1) is 23.2 Å². The minimum absolute atomic E-state index is 0.112. The first kappa shape index (κ1) is 22.1. The van der Waals surface area contributed by atoms with Crippen LogP contribution in [0.4, 0.5) is 0 Å². The lowest BCUT2D eigenvalue weighted by atomic mass is 9.52. The molecule has 4 rings (SSSR count). The maximum absolute atomic E-state index is 10.8. The highest BCUT2D eigenvalue weighted by molar-refractivity contribution is 5.40. The number of benzene rings is 1. The van der Waals surface area contributed by atoms with Crippen LogP contribution in [-0.2, 0) is 6.42 Å². The molecule has 0 spiro atoms. The van der Waals surface area contributed by atoms with Gasteiger partial charge >= 0.3 is 0 Å². The second kappa shape index (κ2) is 9.61. The first-order valence-corrected chi connectivity index (χ1v) is 12.7. The van der Waals surface area contributed by atoms with E-state index in [1.54, 1.807) is 0 Å². The van der Waals surface area contributed by atoms with Gasteiger partial charge in [0.25, 0.3) is 0 Å². The molecule has 3 aliphatic carbocycles. The van der Waals surface area contributed by atoms with Gasteiger partial charge in [-0.15, -0.1) is 0 Å². The molecule has 2 fully saturated rings. The normalized spacial score (nSPS) is 35.0. The summed E-state index contributed by atoms with van der Waals surface area (Å²) in [7, 11) is 0. The molecule has 4 N–H and O–H groups in total. The van der Waals surface area contributed by atoms with Crippen LogP contribution in [0.5, 0.6) is 5.75 Å². The molecular weight excluding hydrogens is 370 g/mol. The fourth-order valence-corrected chi connectivity index (χ4v) is 7.47. The van der Waals surface area contributed by atoms with E-state index in [1.807, 2.05) is 12.1 Å². The number of hydrogen-bond donors (Lipinski definition) is 3. The third-order valence-electron chi connectivity index (χ3n) is 9.11. The summed E-state index contributed by atoms with van der Waals surface area (Å²) in [5.41, 5.74) is 8.61. The fraction of sp³-hybridized carbons (Fsp3) is 0.778. The third kappa shape index (κ3) is 4.30. The standard InChI is InChI=1S/C27H43NO2/c1-27-15-14-23-22-11-10-21(29)18-20(22)17-19(26(23)24(27)12-13-25(27)30)9-7-5-3-2-4-6-8-16-28/h10-11,18-19,23-26,29-30H,2-9,12-17,28H2,1H3/t19-,23-,24?,25+,26-,27+/m1/s1. The van der Waals surface area contributed by atoms with Crippen LogP contribution in [0.25, 0.3) is 0 Å². The highest BCUT2D eigenvalue weighted by Crippen LogP contribution is 2.62. The third-order valence-corrected chi connectivity index (χ3v) is 9.11. The molecule has 30 heavy (non-hydrogen) atoms. The van der Waals surface area contributed by atoms with Crippen molar-refractivity contribution in [3.8, 4) is 5.75 Å². The van der Waals surface area contributed by atoms with Crippen molar-refractivity contribution in [1.82, 2.24) is 0 Å². The molecule has 2 saturated carbocycles. The number of aliphatic hydroxyl groups is 1. The van der Waals surface area contributed by atoms with Crippen molar-refractivity contribution in [2.75, 3.05) is 6.54 Å². The summed E-state index contributed by atoms with van der Waals surface area (Å²) in [6, 6.07) is 6.12. The van der Waals surface area contributed by atoms with Gasteiger partial charge in [0, 0.05) is 0 Å². The molecule has 3 nitrogen and oxygen atoms in total. The number of aromatic hydroxyl groups is 1. The van der Waals surface area contributed by atoms with Crippen LogP contribution >= 0.6 is 0 Å². The molecule has 3 aliphatic rings. The molecule has 0 aromatic heterocycles. The minimum atomic E-state index is -0.112. The first-order chi connectivity index (χ1) is 14.5. The van der Waals surface area contributed by atoms with Crippen LogP contribution in [0.15, 0.2) is 18.2 Å². The lowest BCUT2D eigenvalue weighted by molar-refractivity contribution is -0.0396. The van der Waals surface area contributed by atoms with Gasteiger partial charge in [0.1, 0.15) is 5.75 Å². The van der Waals surface area contributed by atoms with Gasteiger partial charge in [-0.3, -0.25) is 0 Å². The highest BCUT2D eigenvalue weighted by Gasteiger charge is 2.56. The number of phenolic OH excluding ortho intramolecular Hbond substituents is 1. The quantitative estimate of drug-likeness (QED) is 0.441. The Bertz CT molecular complexity index is 704. The average Bonchev–Trinajstić information content (AvgIpc) is 3.04. The molecule has 0 saturated heterocycles. The van der Waals surface area contributed by atoms with Crippen molar-refractivity contribution in [1.29, 1.82) is 0 Å². The molecular formula is C27H43NO2. The maximum Gasteiger partial charge on any atom is 0.115 e. The van der Waals surface area contributed by atoms with Crippen LogP contribution in [0.3, 0.4) is 0 Å². The van der Waals surface area contributed by atoms with Crippen LogP contribution < -0.4 is 5.73 Å². The molecule has 0 radical (unpaired) electrons. The fourth-order valence-electron chi connectivity index (χ4n) is 7.47. The van der Waals surface area contributed by atoms with Crippen molar-refractivity contribution >= 4 is 0 Å². The molecule has 1 aromatic carbocycles. The summed E-state index contributed by atoms with van der Waals surface area (Å²) in [5, 5.41) is 20.9. The number of aliphatic hydroxyl groups excluding tert-OH is 1. The van der Waals surface area contributed by atoms with Gasteiger partial charge in [0.2, 0.25) is 0 Å². The molecule has 6 atom stereocenters. The largest absolute Gasteiger partial charge is 0.508 e. The zero-order chi connectivity index (χ0) is 21.1. The Hall–Kier alpha value is -1.06. The summed E-state index contributed by atoms with van der Waals surface area (Å²) >= 11 is 0. The molecule has 0 heterocycles. The molecule has 0 bridgehead atoms. The number of unbranched alkanes of at least 4 members (excludes halogenated alkanes) is 6. The predicted octanol–water partition coefficient (Wildman–Crippen LogP) is 5.91. The summed E-state index contributed by atoms with van der Waals surface area (Å²) in [6.07, 6.45) is 16.0. The van der Waals surface area contributed by atoms with Gasteiger partial charge in [-0.05, 0) is 104 Å². The van der Waals surface area contributed by atoms with E-state index in [9.17, 15) is 10.2 Å². The zero-order valence-electron chi connectivity index (χ0n) is 19.0. The van der Waals surface area contributed by atoms with Crippen LogP contribution in [0.2, 0.25) is 0 Å². The Kier molecular flexibility index (Phi) is 7.09. The Labute approximate surface area is 183 Å². The second-order valence-corrected chi connectivity index (χ2v) is 10.8. The Morgan fingerprint density at radius 2 is 1.73 bits per heavy atom. The van der Waals surface area contributed by atoms with E-state index in [4.69, 9.17) is 5.73 Å². The molecule has 3 heteroatoms. The first-order valence-electron chi connectivity index (χ1n) is 12.7. The lowest BCUT2D eigenvalue weighted by Crippen LogP contribution is -2.47. The minimum Gasteiger partial charge on any atom is -0.508 e. The van der Waals surface area contributed by atoms with E-state index in [-0.39, 0.29) is 11.5 Å². The van der Waals surface area contributed by atoms with Gasteiger partial charge in [-0.1, -0.05) is 51.5 Å². The average molecular weight is 414 g/mol. The highest BCUT2D eigenvalue weighted by atomic mass is 16.3. The number of phenols is 1. The molecule has 168 valence electrons. The van der Waals surface area contributed by atoms with Gasteiger partial charge in [0.15, 0.2) is 0 Å². The van der Waals surface area contributed by atoms with E-state index in [0.717, 1.165) is 25.8 Å². The van der Waals surface area contributed by atoms with Crippen LogP contribution in [0.1, 0.15) is 101 Å². The maximum atomic E-state index is 10.8. The van der Waals surface area contributed by atoms with Crippen molar-refractivity contribution in [3.63, 3.8) is 0 Å². The number of rotatable bonds is 9. The second-order valence-electron chi connectivity index (χ2n) is 10.8. The van der Waals surface area contributed by atoms with E-state index in [2.05, 4.69) is 13.0 Å². The van der Waals surface area contributed by atoms with Gasteiger partial charge < -0.3 is 15.9 Å². The zero-order valence-corrected chi connectivity index (χ0v) is 19.0. The monoisotopic (exact) mass is 413 g/mol. The van der Waals surface area contributed by atoms with Gasteiger partial charge in [-0.2, -0.15) is 0 Å². The lowest BCUT2D eigenvalue weighted by Gasteiger charge is -2.53. The summed E-state index contributed by atoms with van der Waals surface area (Å²) in [6.45, 7) is 3.20. The van der Waals surface area contributed by atoms with Crippen molar-refractivity contribution in [3.05, 3.63) is 29.3 Å². The predicted molar refractivity (Wildman–Crippen MR) is 124 cm³/mol. The number of fused-ring (bicyclic) bond motifs is 5. The van der Waals surface area contributed by atoms with E-state index >= 15 is 0 Å². The van der Waals surface area contributed by atoms with E-state index < -0.39 is 0 Å². The molecule has 0 aliphatic heterocycles. The van der Waals surface area contributed by atoms with E-state index in [1.165, 1.54) is 75.3 Å². The summed E-state index contributed by atoms with van der Waals surface area (Å²) in [5.74, 6) is 3.12. The van der Waals surface area contributed by atoms with Crippen molar-refractivity contribution < 1.29 is 10.2 Å². The SMILES string of the molecule is C[C@]12CC[C@@H]3c4ccc(O)cc4C[C@@H](CCCCCCCCCN)[C@H]3C1CC[C@@H]2O.